The first kappa shape index (κ1) is 9.33. The Morgan fingerprint density at radius 2 is 2.36 bits per heavy atom. The molecule has 0 atom stereocenters. The molecule has 2 heterocycles. The van der Waals surface area contributed by atoms with Crippen LogP contribution in [0.4, 0.5) is 0 Å². The van der Waals surface area contributed by atoms with Crippen molar-refractivity contribution >= 4 is 23.0 Å². The van der Waals surface area contributed by atoms with E-state index < -0.39 is 0 Å². The summed E-state index contributed by atoms with van der Waals surface area (Å²) >= 11 is 1.56. The number of carbonyl (C=O) groups excluding carboxylic acids is 2. The quantitative estimate of drug-likeness (QED) is 0.677. The summed E-state index contributed by atoms with van der Waals surface area (Å²) in [5, 5.41) is 0.984. The fraction of sp³-hybridized carbons (Fsp3) is 0.444. The van der Waals surface area contributed by atoms with Crippen LogP contribution in [0.3, 0.4) is 0 Å². The number of thiazole rings is 1. The van der Waals surface area contributed by atoms with Gasteiger partial charge in [-0.25, -0.2) is 4.98 Å². The van der Waals surface area contributed by atoms with Gasteiger partial charge in [-0.1, -0.05) is 0 Å². The maximum absolute atomic E-state index is 11.3. The normalized spacial score (nSPS) is 16.8. The molecule has 0 radical (unpaired) electrons. The predicted molar refractivity (Wildman–Crippen MR) is 51.9 cm³/mol. The van der Waals surface area contributed by atoms with Crippen LogP contribution in [0.2, 0.25) is 0 Å². The van der Waals surface area contributed by atoms with E-state index in [1.807, 2.05) is 6.92 Å². The second kappa shape index (κ2) is 3.49. The molecule has 5 heteroatoms. The number of ketones is 1. The van der Waals surface area contributed by atoms with Crippen LogP contribution >= 0.6 is 11.3 Å². The molecule has 0 aromatic carbocycles. The maximum Gasteiger partial charge on any atom is 0.290 e. The lowest BCUT2D eigenvalue weighted by Gasteiger charge is -2.11. The Hall–Kier alpha value is -1.23. The Bertz CT molecular complexity index is 386. The molecule has 0 N–H and O–H groups in total. The Morgan fingerprint density at radius 3 is 2.86 bits per heavy atom. The van der Waals surface area contributed by atoms with Crippen molar-refractivity contribution in [2.75, 3.05) is 6.54 Å². The fourth-order valence-corrected chi connectivity index (χ4v) is 2.25. The van der Waals surface area contributed by atoms with Crippen molar-refractivity contribution in [1.82, 2.24) is 9.88 Å². The zero-order valence-electron chi connectivity index (χ0n) is 7.82. The first-order chi connectivity index (χ1) is 6.66. The highest BCUT2D eigenvalue weighted by Gasteiger charge is 2.29. The number of aryl methyl sites for hydroxylation is 1. The topological polar surface area (TPSA) is 50.3 Å². The van der Waals surface area contributed by atoms with Gasteiger partial charge in [-0.05, 0) is 6.92 Å². The van der Waals surface area contributed by atoms with Crippen LogP contribution in [0.5, 0.6) is 0 Å². The standard InChI is InChI=1S/C9H10N2O2S/c1-6-10-4-7(14-6)5-11-3-2-8(12)9(11)13/h4H,2-3,5H2,1H3. The molecule has 1 fully saturated rings. The first-order valence-electron chi connectivity index (χ1n) is 4.40. The molecule has 1 aliphatic heterocycles. The van der Waals surface area contributed by atoms with Gasteiger partial charge in [-0.15, -0.1) is 11.3 Å². The van der Waals surface area contributed by atoms with Crippen molar-refractivity contribution < 1.29 is 9.59 Å². The molecule has 74 valence electrons. The molecule has 14 heavy (non-hydrogen) atoms. The molecule has 1 aromatic rings. The van der Waals surface area contributed by atoms with E-state index in [0.717, 1.165) is 9.88 Å². The minimum atomic E-state index is -0.351. The van der Waals surface area contributed by atoms with Crippen molar-refractivity contribution in [2.45, 2.75) is 19.9 Å². The van der Waals surface area contributed by atoms with Crippen LogP contribution in [-0.2, 0) is 16.1 Å². The third-order valence-electron chi connectivity index (χ3n) is 2.15. The molecular formula is C9H10N2O2S. The van der Waals surface area contributed by atoms with E-state index in [-0.39, 0.29) is 11.7 Å². The molecule has 1 aromatic heterocycles. The van der Waals surface area contributed by atoms with Crippen LogP contribution in [0.1, 0.15) is 16.3 Å². The summed E-state index contributed by atoms with van der Waals surface area (Å²) in [7, 11) is 0. The van der Waals surface area contributed by atoms with Crippen LogP contribution in [0.15, 0.2) is 6.20 Å². The van der Waals surface area contributed by atoms with E-state index in [4.69, 9.17) is 0 Å². The summed E-state index contributed by atoms with van der Waals surface area (Å²) in [5.74, 6) is -0.623. The van der Waals surface area contributed by atoms with E-state index in [1.165, 1.54) is 0 Å². The predicted octanol–water partition coefficient (Wildman–Crippen LogP) is 0.753. The second-order valence-corrected chi connectivity index (χ2v) is 4.56. The number of hydrogen-bond acceptors (Lipinski definition) is 4. The number of aromatic nitrogens is 1. The lowest BCUT2D eigenvalue weighted by atomic mass is 10.3. The van der Waals surface area contributed by atoms with Gasteiger partial charge >= 0.3 is 0 Å². The smallest absolute Gasteiger partial charge is 0.290 e. The van der Waals surface area contributed by atoms with Crippen LogP contribution in [-0.4, -0.2) is 28.1 Å². The summed E-state index contributed by atoms with van der Waals surface area (Å²) in [6.07, 6.45) is 2.12. The highest BCUT2D eigenvalue weighted by atomic mass is 32.1. The van der Waals surface area contributed by atoms with Crippen LogP contribution in [0, 0.1) is 6.92 Å². The minimum Gasteiger partial charge on any atom is -0.330 e. The molecule has 0 aliphatic carbocycles. The SMILES string of the molecule is Cc1ncc(CN2CCC(=O)C2=O)s1. The van der Waals surface area contributed by atoms with Crippen molar-refractivity contribution in [1.29, 1.82) is 0 Å². The summed E-state index contributed by atoms with van der Waals surface area (Å²) in [6, 6.07) is 0. The van der Waals surface area contributed by atoms with Crippen molar-refractivity contribution in [3.63, 3.8) is 0 Å². The van der Waals surface area contributed by atoms with E-state index in [2.05, 4.69) is 4.98 Å². The van der Waals surface area contributed by atoms with Gasteiger partial charge in [0.25, 0.3) is 5.91 Å². The number of likely N-dealkylation sites (tertiary alicyclic amines) is 1. The number of nitrogens with zero attached hydrogens (tertiary/aromatic N) is 2. The van der Waals surface area contributed by atoms with Crippen molar-refractivity contribution in [3.8, 4) is 0 Å². The van der Waals surface area contributed by atoms with Crippen molar-refractivity contribution in [2.24, 2.45) is 0 Å². The van der Waals surface area contributed by atoms with E-state index in [1.54, 1.807) is 22.4 Å². The molecule has 4 nitrogen and oxygen atoms in total. The number of Topliss-reactive ketones (excluding diaryl/α,β-unsaturated/α-hetero) is 1. The third kappa shape index (κ3) is 1.68. The summed E-state index contributed by atoms with van der Waals surface area (Å²) in [4.78, 5) is 29.0. The Morgan fingerprint density at radius 1 is 1.57 bits per heavy atom. The average molecular weight is 210 g/mol. The largest absolute Gasteiger partial charge is 0.330 e. The molecule has 0 saturated carbocycles. The number of rotatable bonds is 2. The Labute approximate surface area is 85.6 Å². The third-order valence-corrected chi connectivity index (χ3v) is 3.05. The van der Waals surface area contributed by atoms with Gasteiger partial charge in [-0.2, -0.15) is 0 Å². The van der Waals surface area contributed by atoms with E-state index in [9.17, 15) is 9.59 Å². The van der Waals surface area contributed by atoms with Crippen LogP contribution in [0.25, 0.3) is 0 Å². The summed E-state index contributed by atoms with van der Waals surface area (Å²) in [6.45, 7) is 3.00. The van der Waals surface area contributed by atoms with Crippen molar-refractivity contribution in [3.05, 3.63) is 16.1 Å². The van der Waals surface area contributed by atoms with E-state index in [0.29, 0.717) is 19.5 Å². The maximum atomic E-state index is 11.3. The molecule has 0 bridgehead atoms. The lowest BCUT2D eigenvalue weighted by Crippen LogP contribution is -2.26. The summed E-state index contributed by atoms with van der Waals surface area (Å²) in [5.41, 5.74) is 0. The second-order valence-electron chi connectivity index (χ2n) is 3.25. The summed E-state index contributed by atoms with van der Waals surface area (Å²) < 4.78 is 0. The van der Waals surface area contributed by atoms with Gasteiger partial charge in [0.2, 0.25) is 5.78 Å². The van der Waals surface area contributed by atoms with Gasteiger partial charge in [0.15, 0.2) is 0 Å². The van der Waals surface area contributed by atoms with E-state index >= 15 is 0 Å². The molecule has 0 unspecified atom stereocenters. The van der Waals surface area contributed by atoms with Gasteiger partial charge in [0.05, 0.1) is 11.6 Å². The highest BCUT2D eigenvalue weighted by Crippen LogP contribution is 2.17. The zero-order chi connectivity index (χ0) is 10.1. The first-order valence-corrected chi connectivity index (χ1v) is 5.22. The minimum absolute atomic E-state index is 0.272. The molecule has 1 saturated heterocycles. The Balaban J connectivity index is 2.05. The number of hydrogen-bond donors (Lipinski definition) is 0. The van der Waals surface area contributed by atoms with Gasteiger partial charge in [0.1, 0.15) is 0 Å². The fourth-order valence-electron chi connectivity index (χ4n) is 1.44. The molecule has 1 amide bonds. The molecular weight excluding hydrogens is 200 g/mol. The highest BCUT2D eigenvalue weighted by molar-refractivity contribution is 7.11. The van der Waals surface area contributed by atoms with Crippen LogP contribution < -0.4 is 0 Å². The average Bonchev–Trinajstić information content (AvgIpc) is 2.67. The zero-order valence-corrected chi connectivity index (χ0v) is 8.63. The monoisotopic (exact) mass is 210 g/mol. The molecule has 1 aliphatic rings. The number of amides is 1. The Kier molecular flexibility index (Phi) is 2.33. The molecule has 2 rings (SSSR count). The lowest BCUT2D eigenvalue weighted by molar-refractivity contribution is -0.140. The number of carbonyl (C=O) groups is 2. The molecule has 0 spiro atoms. The van der Waals surface area contributed by atoms with Gasteiger partial charge < -0.3 is 4.90 Å². The van der Waals surface area contributed by atoms with Gasteiger partial charge in [0, 0.05) is 24.0 Å². The van der Waals surface area contributed by atoms with Gasteiger partial charge in [-0.3, -0.25) is 9.59 Å².